The molecule has 2 aromatic heterocycles. The second kappa shape index (κ2) is 8.46. The van der Waals surface area contributed by atoms with E-state index in [0.717, 1.165) is 40.0 Å². The molecule has 4 rings (SSSR count). The first-order valence-electron chi connectivity index (χ1n) is 9.21. The molecule has 1 N–H and O–H groups in total. The fraction of sp³-hybridized carbons (Fsp3) is 0.182. The molecule has 0 fully saturated rings. The van der Waals surface area contributed by atoms with Gasteiger partial charge in [-0.25, -0.2) is 0 Å². The molecular weight excluding hydrogens is 370 g/mol. The van der Waals surface area contributed by atoms with Crippen LogP contribution in [0.15, 0.2) is 72.0 Å². The molecule has 5 nitrogen and oxygen atoms in total. The van der Waals surface area contributed by atoms with E-state index < -0.39 is 11.2 Å². The van der Waals surface area contributed by atoms with E-state index >= 15 is 0 Å². The molecule has 142 valence electrons. The Balaban J connectivity index is 1.53. The third-order valence-electron chi connectivity index (χ3n) is 4.54. The maximum Gasteiger partial charge on any atom is 0.322 e. The van der Waals surface area contributed by atoms with E-state index in [1.54, 1.807) is 6.20 Å². The average Bonchev–Trinajstić information content (AvgIpc) is 3.17. The van der Waals surface area contributed by atoms with E-state index in [9.17, 15) is 4.55 Å². The van der Waals surface area contributed by atoms with Gasteiger partial charge in [0.25, 0.3) is 0 Å². The van der Waals surface area contributed by atoms with Crippen LogP contribution in [-0.2, 0) is 30.0 Å². The fourth-order valence-corrected chi connectivity index (χ4v) is 4.18. The van der Waals surface area contributed by atoms with Crippen molar-refractivity contribution in [1.82, 2.24) is 15.0 Å². The summed E-state index contributed by atoms with van der Waals surface area (Å²) in [5, 5.41) is 0.473. The maximum absolute atomic E-state index is 12.9. The zero-order valence-corrected chi connectivity index (χ0v) is 16.4. The standard InChI is InChI=1S/C22H21N3O2S/c1-2-17-20(15-28(26)22-24-18-10-6-7-11-19(18)25-22)23-13-12-21(17)27-14-16-8-4-3-5-9-16/h3-13H,2,14-15H2,1H3,(H,24,25). The van der Waals surface area contributed by atoms with Gasteiger partial charge in [-0.15, -0.1) is 0 Å². The van der Waals surface area contributed by atoms with Crippen LogP contribution in [0.1, 0.15) is 23.7 Å². The van der Waals surface area contributed by atoms with Gasteiger partial charge in [-0.3, -0.25) is 9.97 Å². The van der Waals surface area contributed by atoms with Crippen molar-refractivity contribution in [2.24, 2.45) is 0 Å². The van der Waals surface area contributed by atoms with Gasteiger partial charge in [0.1, 0.15) is 12.4 Å². The molecular formula is C22H21N3O2S. The number of H-pyrrole nitrogens is 1. The number of hydrogen-bond donors (Lipinski definition) is 1. The van der Waals surface area contributed by atoms with Crippen LogP contribution in [-0.4, -0.2) is 19.5 Å². The summed E-state index contributed by atoms with van der Waals surface area (Å²) >= 11 is -1.31. The molecule has 0 radical (unpaired) electrons. The number of hydrogen-bond acceptors (Lipinski definition) is 4. The van der Waals surface area contributed by atoms with Crippen LogP contribution in [0.25, 0.3) is 11.0 Å². The van der Waals surface area contributed by atoms with E-state index in [1.165, 1.54) is 0 Å². The smallest absolute Gasteiger partial charge is 0.322 e. The number of imidazole rings is 1. The molecule has 0 saturated heterocycles. The van der Waals surface area contributed by atoms with Gasteiger partial charge in [0, 0.05) is 22.9 Å². The van der Waals surface area contributed by atoms with Gasteiger partial charge in [0.05, 0.1) is 16.7 Å². The molecule has 1 atom stereocenters. The zero-order chi connectivity index (χ0) is 19.3. The lowest BCUT2D eigenvalue weighted by Gasteiger charge is -2.14. The van der Waals surface area contributed by atoms with Crippen molar-refractivity contribution in [3.05, 3.63) is 83.7 Å². The Labute approximate surface area is 167 Å². The maximum atomic E-state index is 12.9. The Bertz CT molecular complexity index is 1030. The van der Waals surface area contributed by atoms with E-state index in [0.29, 0.717) is 17.5 Å². The average molecular weight is 391 g/mol. The number of aromatic amines is 1. The van der Waals surface area contributed by atoms with Crippen LogP contribution in [0.3, 0.4) is 0 Å². The van der Waals surface area contributed by atoms with E-state index in [4.69, 9.17) is 4.74 Å². The van der Waals surface area contributed by atoms with E-state index in [1.807, 2.05) is 60.7 Å². The number of para-hydroxylation sites is 2. The summed E-state index contributed by atoms with van der Waals surface area (Å²) in [6.45, 7) is 2.55. The van der Waals surface area contributed by atoms with Crippen LogP contribution in [0.5, 0.6) is 5.75 Å². The molecule has 1 unspecified atom stereocenters. The SMILES string of the molecule is CCc1c(OCc2ccccc2)ccnc1C[S+]([O-])c1nc2ccccc2[nH]1. The van der Waals surface area contributed by atoms with E-state index in [-0.39, 0.29) is 0 Å². The molecule has 0 aliphatic heterocycles. The molecule has 2 aromatic carbocycles. The third-order valence-corrected chi connectivity index (χ3v) is 5.70. The molecule has 0 aliphatic carbocycles. The highest BCUT2D eigenvalue weighted by Gasteiger charge is 2.21. The van der Waals surface area contributed by atoms with Crippen molar-refractivity contribution >= 4 is 22.2 Å². The lowest BCUT2D eigenvalue weighted by molar-refractivity contribution is 0.302. The van der Waals surface area contributed by atoms with Crippen LogP contribution < -0.4 is 4.74 Å². The predicted molar refractivity (Wildman–Crippen MR) is 111 cm³/mol. The number of fused-ring (bicyclic) bond motifs is 1. The first-order chi connectivity index (χ1) is 13.7. The lowest BCUT2D eigenvalue weighted by atomic mass is 10.1. The number of pyridine rings is 1. The van der Waals surface area contributed by atoms with E-state index in [2.05, 4.69) is 21.9 Å². The summed E-state index contributed by atoms with van der Waals surface area (Å²) in [5.41, 5.74) is 4.58. The lowest BCUT2D eigenvalue weighted by Crippen LogP contribution is -2.11. The van der Waals surface area contributed by atoms with Crippen molar-refractivity contribution in [3.63, 3.8) is 0 Å². The highest BCUT2D eigenvalue weighted by atomic mass is 32.2. The second-order valence-corrected chi connectivity index (χ2v) is 7.78. The summed E-state index contributed by atoms with van der Waals surface area (Å²) in [4.78, 5) is 12.1. The van der Waals surface area contributed by atoms with Gasteiger partial charge >= 0.3 is 5.16 Å². The topological polar surface area (TPSA) is 73.9 Å². The number of nitrogens with one attached hydrogen (secondary N) is 1. The minimum absolute atomic E-state index is 0.297. The van der Waals surface area contributed by atoms with Gasteiger partial charge in [0.15, 0.2) is 5.75 Å². The van der Waals surface area contributed by atoms with Crippen molar-refractivity contribution in [1.29, 1.82) is 0 Å². The molecule has 6 heteroatoms. The molecule has 0 saturated carbocycles. The van der Waals surface area contributed by atoms with Crippen molar-refractivity contribution in [2.45, 2.75) is 30.9 Å². The zero-order valence-electron chi connectivity index (χ0n) is 15.6. The fourth-order valence-electron chi connectivity index (χ4n) is 3.12. The summed E-state index contributed by atoms with van der Waals surface area (Å²) in [6, 6.07) is 19.6. The Kier molecular flexibility index (Phi) is 5.60. The minimum Gasteiger partial charge on any atom is -0.609 e. The summed E-state index contributed by atoms with van der Waals surface area (Å²) in [5.74, 6) is 1.09. The van der Waals surface area contributed by atoms with Crippen LogP contribution in [0.4, 0.5) is 0 Å². The molecule has 0 bridgehead atoms. The summed E-state index contributed by atoms with van der Waals surface area (Å²) in [7, 11) is 0. The molecule has 28 heavy (non-hydrogen) atoms. The molecule has 4 aromatic rings. The highest BCUT2D eigenvalue weighted by Crippen LogP contribution is 2.26. The van der Waals surface area contributed by atoms with Gasteiger partial charge in [-0.05, 0) is 30.2 Å². The quantitative estimate of drug-likeness (QED) is 0.474. The molecule has 2 heterocycles. The molecule has 0 spiro atoms. The Morgan fingerprint density at radius 3 is 2.61 bits per heavy atom. The van der Waals surface area contributed by atoms with Crippen molar-refractivity contribution in [3.8, 4) is 5.75 Å². The van der Waals surface area contributed by atoms with Crippen LogP contribution in [0.2, 0.25) is 0 Å². The van der Waals surface area contributed by atoms with Gasteiger partial charge in [0.2, 0.25) is 0 Å². The number of aromatic nitrogens is 3. The Morgan fingerprint density at radius 1 is 1.04 bits per heavy atom. The van der Waals surface area contributed by atoms with Gasteiger partial charge in [-0.2, -0.15) is 4.98 Å². The van der Waals surface area contributed by atoms with Crippen molar-refractivity contribution < 1.29 is 9.29 Å². The molecule has 0 amide bonds. The summed E-state index contributed by atoms with van der Waals surface area (Å²) in [6.07, 6.45) is 2.47. The molecule has 0 aliphatic rings. The predicted octanol–water partition coefficient (Wildman–Crippen LogP) is 4.41. The van der Waals surface area contributed by atoms with Gasteiger partial charge in [-0.1, -0.05) is 49.4 Å². The normalized spacial score (nSPS) is 12.2. The first-order valence-corrected chi connectivity index (χ1v) is 10.5. The number of ether oxygens (including phenoxy) is 1. The number of nitrogens with zero attached hydrogens (tertiary/aromatic N) is 2. The second-order valence-electron chi connectivity index (χ2n) is 6.41. The highest BCUT2D eigenvalue weighted by molar-refractivity contribution is 7.90. The summed E-state index contributed by atoms with van der Waals surface area (Å²) < 4.78 is 18.9. The van der Waals surface area contributed by atoms with Gasteiger partial charge < -0.3 is 9.29 Å². The monoisotopic (exact) mass is 391 g/mol. The minimum atomic E-state index is -1.31. The first kappa shape index (κ1) is 18.5. The Hall–Kier alpha value is -2.83. The Morgan fingerprint density at radius 2 is 1.82 bits per heavy atom. The third kappa shape index (κ3) is 4.03. The van der Waals surface area contributed by atoms with Crippen LogP contribution in [0, 0.1) is 0 Å². The number of benzene rings is 2. The number of rotatable bonds is 7. The van der Waals surface area contributed by atoms with Crippen LogP contribution >= 0.6 is 0 Å². The van der Waals surface area contributed by atoms with Crippen molar-refractivity contribution in [2.75, 3.05) is 0 Å². The largest absolute Gasteiger partial charge is 0.609 e.